The molecule has 164 valence electrons. The van der Waals surface area contributed by atoms with Crippen LogP contribution in [0.1, 0.15) is 48.8 Å². The number of nitrogens with one attached hydrogen (secondary N) is 1. The highest BCUT2D eigenvalue weighted by Gasteiger charge is 2.42. The molecular weight excluding hydrogens is 395 g/mol. The zero-order chi connectivity index (χ0) is 21.9. The van der Waals surface area contributed by atoms with Gasteiger partial charge in [0.15, 0.2) is 0 Å². The summed E-state index contributed by atoms with van der Waals surface area (Å²) in [6, 6.07) is 6.82. The number of nitrogens with zero attached hydrogens (tertiary/aromatic N) is 2. The molecule has 4 atom stereocenters. The number of aliphatic hydroxyl groups excluding tert-OH is 2. The third kappa shape index (κ3) is 5.36. The van der Waals surface area contributed by atoms with Crippen molar-refractivity contribution in [3.8, 4) is 0 Å². The van der Waals surface area contributed by atoms with E-state index in [0.717, 1.165) is 29.2 Å². The number of rotatable bonds is 7. The smallest absolute Gasteiger partial charge is 0.396 e. The lowest BCUT2D eigenvalue weighted by Gasteiger charge is -2.25. The Morgan fingerprint density at radius 1 is 1.13 bits per heavy atom. The lowest BCUT2D eigenvalue weighted by Crippen LogP contribution is -2.36. The van der Waals surface area contributed by atoms with Crippen molar-refractivity contribution in [2.45, 2.75) is 57.5 Å². The Morgan fingerprint density at radius 3 is 2.43 bits per heavy atom. The topological polar surface area (TPSA) is 78.3 Å². The van der Waals surface area contributed by atoms with E-state index in [4.69, 9.17) is 0 Å². The van der Waals surface area contributed by atoms with Gasteiger partial charge in [0, 0.05) is 42.9 Å². The average molecular weight is 423 g/mol. The molecule has 1 aliphatic carbocycles. The van der Waals surface area contributed by atoms with Gasteiger partial charge in [-0.05, 0) is 42.5 Å². The minimum Gasteiger partial charge on any atom is -0.396 e. The first-order valence-corrected chi connectivity index (χ1v) is 10.2. The van der Waals surface area contributed by atoms with Crippen molar-refractivity contribution in [2.24, 2.45) is 11.8 Å². The highest BCUT2D eigenvalue weighted by atomic mass is 19.4. The van der Waals surface area contributed by atoms with Gasteiger partial charge in [-0.15, -0.1) is 0 Å². The van der Waals surface area contributed by atoms with Crippen molar-refractivity contribution < 1.29 is 23.4 Å². The summed E-state index contributed by atoms with van der Waals surface area (Å²) < 4.78 is 38.2. The first-order chi connectivity index (χ1) is 14.2. The molecule has 30 heavy (non-hydrogen) atoms. The van der Waals surface area contributed by atoms with E-state index in [-0.39, 0.29) is 30.4 Å². The minimum atomic E-state index is -4.35. The molecule has 0 radical (unpaired) electrons. The zero-order valence-corrected chi connectivity index (χ0v) is 17.1. The predicted molar refractivity (Wildman–Crippen MR) is 107 cm³/mol. The first-order valence-electron chi connectivity index (χ1n) is 10.2. The van der Waals surface area contributed by atoms with Gasteiger partial charge in [0.05, 0.1) is 11.7 Å². The van der Waals surface area contributed by atoms with Crippen molar-refractivity contribution in [1.29, 1.82) is 0 Å². The quantitative estimate of drug-likeness (QED) is 0.637. The Morgan fingerprint density at radius 2 is 1.83 bits per heavy atom. The lowest BCUT2D eigenvalue weighted by atomic mass is 9.88. The van der Waals surface area contributed by atoms with E-state index in [2.05, 4.69) is 15.3 Å². The maximum atomic E-state index is 12.7. The van der Waals surface area contributed by atoms with Crippen LogP contribution in [0.3, 0.4) is 0 Å². The van der Waals surface area contributed by atoms with Crippen molar-refractivity contribution in [2.75, 3.05) is 6.61 Å². The van der Waals surface area contributed by atoms with Crippen molar-refractivity contribution in [3.63, 3.8) is 0 Å². The fourth-order valence-corrected chi connectivity index (χ4v) is 4.09. The summed E-state index contributed by atoms with van der Waals surface area (Å²) in [7, 11) is 0. The summed E-state index contributed by atoms with van der Waals surface area (Å²) in [4.78, 5) is 8.89. The van der Waals surface area contributed by atoms with Gasteiger partial charge in [0.2, 0.25) is 0 Å². The van der Waals surface area contributed by atoms with E-state index in [1.807, 2.05) is 19.9 Å². The van der Waals surface area contributed by atoms with Gasteiger partial charge in [-0.2, -0.15) is 13.2 Å². The van der Waals surface area contributed by atoms with E-state index in [0.29, 0.717) is 19.4 Å². The van der Waals surface area contributed by atoms with Gasteiger partial charge >= 0.3 is 6.18 Å². The summed E-state index contributed by atoms with van der Waals surface area (Å²) in [5.41, 5.74) is 0.908. The first kappa shape index (κ1) is 22.7. The number of hydrogen-bond acceptors (Lipinski definition) is 5. The SMILES string of the molecule is CC(C)c1nccc(C[C@@H]2[C@@H](CO)[C@H](O)C[C@H]2NCc2ccc(C(F)(F)F)cc2)n1. The maximum Gasteiger partial charge on any atom is 0.416 e. The summed E-state index contributed by atoms with van der Waals surface area (Å²) >= 11 is 0. The highest BCUT2D eigenvalue weighted by Crippen LogP contribution is 2.35. The zero-order valence-electron chi connectivity index (χ0n) is 17.1. The number of halogens is 3. The molecule has 1 aromatic heterocycles. The van der Waals surface area contributed by atoms with Gasteiger partial charge in [-0.3, -0.25) is 0 Å². The van der Waals surface area contributed by atoms with Crippen LogP contribution < -0.4 is 5.32 Å². The molecule has 0 bridgehead atoms. The number of hydrogen-bond donors (Lipinski definition) is 3. The summed E-state index contributed by atoms with van der Waals surface area (Å²) in [6.45, 7) is 4.28. The molecule has 0 saturated heterocycles. The van der Waals surface area contributed by atoms with Crippen LogP contribution >= 0.6 is 0 Å². The summed E-state index contributed by atoms with van der Waals surface area (Å²) in [5, 5.41) is 23.6. The normalized spacial score (nSPS) is 24.5. The number of aromatic nitrogens is 2. The Bertz CT molecular complexity index is 827. The molecule has 0 unspecified atom stereocenters. The molecule has 5 nitrogen and oxygen atoms in total. The molecule has 2 aromatic rings. The lowest BCUT2D eigenvalue weighted by molar-refractivity contribution is -0.137. The van der Waals surface area contributed by atoms with Gasteiger partial charge in [-0.1, -0.05) is 26.0 Å². The van der Waals surface area contributed by atoms with Crippen molar-refractivity contribution in [1.82, 2.24) is 15.3 Å². The maximum absolute atomic E-state index is 12.7. The van der Waals surface area contributed by atoms with Crippen LogP contribution in [0.2, 0.25) is 0 Å². The molecule has 1 aromatic carbocycles. The molecule has 1 saturated carbocycles. The Kier molecular flexibility index (Phi) is 7.10. The number of aliphatic hydroxyl groups is 2. The van der Waals surface area contributed by atoms with Gasteiger partial charge in [0.25, 0.3) is 0 Å². The van der Waals surface area contributed by atoms with E-state index in [1.54, 1.807) is 6.20 Å². The molecule has 8 heteroatoms. The fraction of sp³-hybridized carbons (Fsp3) is 0.545. The van der Waals surface area contributed by atoms with Crippen LogP contribution in [-0.4, -0.2) is 38.9 Å². The molecule has 0 aliphatic heterocycles. The predicted octanol–water partition coefficient (Wildman–Crippen LogP) is 3.31. The molecule has 3 rings (SSSR count). The largest absolute Gasteiger partial charge is 0.416 e. The molecule has 1 aliphatic rings. The Balaban J connectivity index is 1.70. The average Bonchev–Trinajstić information content (AvgIpc) is 3.00. The van der Waals surface area contributed by atoms with Crippen molar-refractivity contribution >= 4 is 0 Å². The second-order valence-electron chi connectivity index (χ2n) is 8.26. The number of benzene rings is 1. The molecule has 0 amide bonds. The van der Waals surface area contributed by atoms with Gasteiger partial charge in [0.1, 0.15) is 5.82 Å². The molecule has 0 spiro atoms. The second kappa shape index (κ2) is 9.41. The van der Waals surface area contributed by atoms with Gasteiger partial charge in [-0.25, -0.2) is 9.97 Å². The highest BCUT2D eigenvalue weighted by molar-refractivity contribution is 5.24. The van der Waals surface area contributed by atoms with E-state index < -0.39 is 17.8 Å². The standard InChI is InChI=1S/C22H28F3N3O2/c1-13(2)21-26-8-7-16(28-21)9-17-18(12-29)20(30)10-19(17)27-11-14-3-5-15(6-4-14)22(23,24)25/h3-8,13,17-20,27,29-30H,9-12H2,1-2H3/t17-,18-,19-,20-/m1/s1. The molecular formula is C22H28F3N3O2. The monoisotopic (exact) mass is 423 g/mol. The van der Waals surface area contributed by atoms with Crippen LogP contribution in [-0.2, 0) is 19.1 Å². The number of alkyl halides is 3. The van der Waals surface area contributed by atoms with Crippen LogP contribution in [0.5, 0.6) is 0 Å². The third-order valence-electron chi connectivity index (χ3n) is 5.81. The van der Waals surface area contributed by atoms with E-state index in [1.165, 1.54) is 12.1 Å². The molecule has 1 heterocycles. The second-order valence-corrected chi connectivity index (χ2v) is 8.26. The van der Waals surface area contributed by atoms with Crippen LogP contribution in [0.25, 0.3) is 0 Å². The van der Waals surface area contributed by atoms with Crippen LogP contribution in [0.15, 0.2) is 36.5 Å². The van der Waals surface area contributed by atoms with Crippen LogP contribution in [0.4, 0.5) is 13.2 Å². The molecule has 3 N–H and O–H groups in total. The Hall–Kier alpha value is -2.03. The van der Waals surface area contributed by atoms with Crippen LogP contribution in [0, 0.1) is 11.8 Å². The van der Waals surface area contributed by atoms with Crippen molar-refractivity contribution in [3.05, 3.63) is 59.2 Å². The minimum absolute atomic E-state index is 0.0469. The van der Waals surface area contributed by atoms with E-state index in [9.17, 15) is 23.4 Å². The fourth-order valence-electron chi connectivity index (χ4n) is 4.09. The van der Waals surface area contributed by atoms with Gasteiger partial charge < -0.3 is 15.5 Å². The summed E-state index contributed by atoms with van der Waals surface area (Å²) in [6.07, 6.45) is -2.22. The Labute approximate surface area is 174 Å². The van der Waals surface area contributed by atoms with E-state index >= 15 is 0 Å². The molecule has 1 fully saturated rings. The summed E-state index contributed by atoms with van der Waals surface area (Å²) in [5.74, 6) is 0.615. The third-order valence-corrected chi connectivity index (χ3v) is 5.81.